The molecule has 0 aliphatic heterocycles. The quantitative estimate of drug-likeness (QED) is 0.910. The van der Waals surface area contributed by atoms with Crippen molar-refractivity contribution in [3.8, 4) is 5.75 Å². The number of hydrogen-bond donors (Lipinski definition) is 2. The number of para-hydroxylation sites is 1. The van der Waals surface area contributed by atoms with Gasteiger partial charge in [0.2, 0.25) is 0 Å². The molecule has 0 radical (unpaired) electrons. The van der Waals surface area contributed by atoms with E-state index in [4.69, 9.17) is 10.5 Å². The van der Waals surface area contributed by atoms with E-state index in [-0.39, 0.29) is 12.7 Å². The monoisotopic (exact) mass is 286 g/mol. The molecule has 1 aromatic heterocycles. The van der Waals surface area contributed by atoms with E-state index < -0.39 is 5.54 Å². The van der Waals surface area contributed by atoms with Gasteiger partial charge in [-0.05, 0) is 38.3 Å². The molecule has 2 aromatic rings. The predicted octanol–water partition coefficient (Wildman–Crippen LogP) is 2.55. The predicted molar refractivity (Wildman–Crippen MR) is 83.4 cm³/mol. The molecular formula is C17H22N2O2. The van der Waals surface area contributed by atoms with Crippen LogP contribution in [-0.2, 0) is 0 Å². The van der Waals surface area contributed by atoms with Gasteiger partial charge >= 0.3 is 0 Å². The summed E-state index contributed by atoms with van der Waals surface area (Å²) in [7, 11) is 0. The lowest BCUT2D eigenvalue weighted by atomic mass is 9.81. The van der Waals surface area contributed by atoms with Crippen molar-refractivity contribution in [2.24, 2.45) is 5.73 Å². The maximum Gasteiger partial charge on any atom is 0.145 e. The number of hydrogen-bond acceptors (Lipinski definition) is 4. The van der Waals surface area contributed by atoms with E-state index in [1.807, 2.05) is 31.2 Å². The topological polar surface area (TPSA) is 68.4 Å². The van der Waals surface area contributed by atoms with E-state index in [9.17, 15) is 5.11 Å². The summed E-state index contributed by atoms with van der Waals surface area (Å²) in [5.41, 5.74) is 7.57. The Labute approximate surface area is 124 Å². The second-order valence-corrected chi connectivity index (χ2v) is 6.14. The van der Waals surface area contributed by atoms with E-state index in [0.717, 1.165) is 41.6 Å². The van der Waals surface area contributed by atoms with Gasteiger partial charge in [0.05, 0.1) is 6.61 Å². The van der Waals surface area contributed by atoms with Crippen molar-refractivity contribution in [2.45, 2.75) is 44.2 Å². The molecule has 2 unspecified atom stereocenters. The average Bonchev–Trinajstić information content (AvgIpc) is 2.48. The van der Waals surface area contributed by atoms with Crippen molar-refractivity contribution < 1.29 is 9.84 Å². The fourth-order valence-electron chi connectivity index (χ4n) is 3.08. The van der Waals surface area contributed by atoms with Crippen LogP contribution in [0.4, 0.5) is 0 Å². The Hall–Kier alpha value is -1.65. The number of fused-ring (bicyclic) bond motifs is 1. The average molecular weight is 286 g/mol. The summed E-state index contributed by atoms with van der Waals surface area (Å²) in [6, 6.07) is 10.0. The Bertz CT molecular complexity index is 644. The molecule has 112 valence electrons. The first kappa shape index (κ1) is 14.3. The molecule has 4 nitrogen and oxygen atoms in total. The van der Waals surface area contributed by atoms with Gasteiger partial charge in [-0.25, -0.2) is 4.98 Å². The molecule has 21 heavy (non-hydrogen) atoms. The molecule has 3 rings (SSSR count). The summed E-state index contributed by atoms with van der Waals surface area (Å²) in [6.45, 7) is 1.99. The summed E-state index contributed by atoms with van der Waals surface area (Å²) < 4.78 is 6.17. The maximum atomic E-state index is 9.45. The molecule has 0 saturated heterocycles. The molecule has 4 heteroatoms. The molecule has 0 amide bonds. The number of pyridine rings is 1. The molecule has 1 heterocycles. The van der Waals surface area contributed by atoms with Crippen molar-refractivity contribution in [2.75, 3.05) is 6.61 Å². The summed E-state index contributed by atoms with van der Waals surface area (Å²) in [5, 5.41) is 10.5. The van der Waals surface area contributed by atoms with E-state index in [1.165, 1.54) is 0 Å². The van der Waals surface area contributed by atoms with Gasteiger partial charge in [0, 0.05) is 23.0 Å². The third-order valence-electron chi connectivity index (χ3n) is 4.27. The number of aryl methyl sites for hydroxylation is 1. The lowest BCUT2D eigenvalue weighted by molar-refractivity contribution is 0.0737. The smallest absolute Gasteiger partial charge is 0.145 e. The van der Waals surface area contributed by atoms with Crippen molar-refractivity contribution in [3.05, 3.63) is 36.0 Å². The number of rotatable bonds is 3. The van der Waals surface area contributed by atoms with Crippen molar-refractivity contribution in [1.29, 1.82) is 0 Å². The Morgan fingerprint density at radius 2 is 2.24 bits per heavy atom. The second-order valence-electron chi connectivity index (χ2n) is 6.14. The van der Waals surface area contributed by atoms with Crippen LogP contribution >= 0.6 is 0 Å². The van der Waals surface area contributed by atoms with Crippen LogP contribution in [0.25, 0.3) is 10.9 Å². The fourth-order valence-corrected chi connectivity index (χ4v) is 3.08. The Morgan fingerprint density at radius 1 is 1.38 bits per heavy atom. The SMILES string of the molecule is Cc1ccc2cccc(OC3CCCC(N)(CO)C3)c2n1. The van der Waals surface area contributed by atoms with E-state index in [0.29, 0.717) is 6.42 Å². The maximum absolute atomic E-state index is 9.45. The van der Waals surface area contributed by atoms with Crippen LogP contribution in [0.2, 0.25) is 0 Å². The minimum absolute atomic E-state index is 0.0136. The van der Waals surface area contributed by atoms with Crippen LogP contribution in [0.15, 0.2) is 30.3 Å². The molecule has 0 bridgehead atoms. The first-order chi connectivity index (χ1) is 10.1. The highest BCUT2D eigenvalue weighted by Gasteiger charge is 2.33. The molecule has 1 aliphatic rings. The van der Waals surface area contributed by atoms with Crippen molar-refractivity contribution in [3.63, 3.8) is 0 Å². The van der Waals surface area contributed by atoms with Gasteiger partial charge in [0.1, 0.15) is 17.4 Å². The summed E-state index contributed by atoms with van der Waals surface area (Å²) in [6.07, 6.45) is 3.55. The Balaban J connectivity index is 1.86. The van der Waals surface area contributed by atoms with Crippen LogP contribution in [0.3, 0.4) is 0 Å². The van der Waals surface area contributed by atoms with Crippen LogP contribution in [0.5, 0.6) is 5.75 Å². The molecule has 3 N–H and O–H groups in total. The molecule has 1 fully saturated rings. The number of aliphatic hydroxyl groups excluding tert-OH is 1. The Morgan fingerprint density at radius 3 is 3.05 bits per heavy atom. The van der Waals surface area contributed by atoms with Crippen LogP contribution in [0.1, 0.15) is 31.4 Å². The lowest BCUT2D eigenvalue weighted by Gasteiger charge is -2.36. The summed E-state index contributed by atoms with van der Waals surface area (Å²) in [5.74, 6) is 0.809. The standard InChI is InChI=1S/C17H22N2O2/c1-12-7-8-13-4-2-6-15(16(13)19-12)21-14-5-3-9-17(18,10-14)11-20/h2,4,6-8,14,20H,3,5,9-11,18H2,1H3. The number of aromatic nitrogens is 1. The van der Waals surface area contributed by atoms with Gasteiger partial charge in [-0.1, -0.05) is 18.2 Å². The zero-order valence-corrected chi connectivity index (χ0v) is 12.4. The number of benzene rings is 1. The molecule has 2 atom stereocenters. The number of ether oxygens (including phenoxy) is 1. The molecule has 1 aliphatic carbocycles. The van der Waals surface area contributed by atoms with Gasteiger partial charge in [0.25, 0.3) is 0 Å². The van der Waals surface area contributed by atoms with Gasteiger partial charge in [-0.2, -0.15) is 0 Å². The van der Waals surface area contributed by atoms with E-state index >= 15 is 0 Å². The number of aliphatic hydroxyl groups is 1. The molecule has 0 spiro atoms. The number of nitrogens with two attached hydrogens (primary N) is 1. The van der Waals surface area contributed by atoms with Gasteiger partial charge < -0.3 is 15.6 Å². The molecule has 1 aromatic carbocycles. The van der Waals surface area contributed by atoms with Gasteiger partial charge in [-0.15, -0.1) is 0 Å². The van der Waals surface area contributed by atoms with Crippen LogP contribution in [-0.4, -0.2) is 28.3 Å². The van der Waals surface area contributed by atoms with E-state index in [1.54, 1.807) is 0 Å². The number of nitrogens with zero attached hydrogens (tertiary/aromatic N) is 1. The second kappa shape index (κ2) is 5.62. The highest BCUT2D eigenvalue weighted by molar-refractivity contribution is 5.84. The highest BCUT2D eigenvalue weighted by atomic mass is 16.5. The third-order valence-corrected chi connectivity index (χ3v) is 4.27. The van der Waals surface area contributed by atoms with Crippen LogP contribution < -0.4 is 10.5 Å². The minimum atomic E-state index is -0.503. The molecule has 1 saturated carbocycles. The van der Waals surface area contributed by atoms with Crippen LogP contribution in [0, 0.1) is 6.92 Å². The van der Waals surface area contributed by atoms with E-state index in [2.05, 4.69) is 11.1 Å². The van der Waals surface area contributed by atoms with Gasteiger partial charge in [0.15, 0.2) is 0 Å². The fraction of sp³-hybridized carbons (Fsp3) is 0.471. The first-order valence-corrected chi connectivity index (χ1v) is 7.52. The molecular weight excluding hydrogens is 264 g/mol. The summed E-state index contributed by atoms with van der Waals surface area (Å²) >= 11 is 0. The minimum Gasteiger partial charge on any atom is -0.488 e. The largest absolute Gasteiger partial charge is 0.488 e. The normalized spacial score (nSPS) is 26.0. The zero-order valence-electron chi connectivity index (χ0n) is 12.4. The highest BCUT2D eigenvalue weighted by Crippen LogP contribution is 2.31. The summed E-state index contributed by atoms with van der Waals surface area (Å²) in [4.78, 5) is 4.59. The van der Waals surface area contributed by atoms with Crippen molar-refractivity contribution >= 4 is 10.9 Å². The third kappa shape index (κ3) is 3.01. The lowest BCUT2D eigenvalue weighted by Crippen LogP contribution is -2.50. The zero-order chi connectivity index (χ0) is 14.9. The first-order valence-electron chi connectivity index (χ1n) is 7.52. The van der Waals surface area contributed by atoms with Gasteiger partial charge in [-0.3, -0.25) is 0 Å². The Kier molecular flexibility index (Phi) is 3.83. The van der Waals surface area contributed by atoms with Crippen molar-refractivity contribution in [1.82, 2.24) is 4.98 Å².